The van der Waals surface area contributed by atoms with Crippen LogP contribution in [0.3, 0.4) is 0 Å². The number of aliphatic hydroxyl groups is 1. The van der Waals surface area contributed by atoms with Crippen molar-refractivity contribution in [3.63, 3.8) is 0 Å². The lowest BCUT2D eigenvalue weighted by molar-refractivity contribution is 0.145. The highest BCUT2D eigenvalue weighted by Crippen LogP contribution is 2.17. The molecule has 78 valence electrons. The summed E-state index contributed by atoms with van der Waals surface area (Å²) in [5.41, 5.74) is 0.803. The molecule has 2 aromatic rings. The molecular formula is C10H10ClN3O. The van der Waals surface area contributed by atoms with E-state index in [4.69, 9.17) is 11.6 Å². The average molecular weight is 224 g/mol. The zero-order chi connectivity index (χ0) is 10.7. The first-order valence-corrected chi connectivity index (χ1v) is 4.91. The first kappa shape index (κ1) is 10.1. The van der Waals surface area contributed by atoms with Gasteiger partial charge in [-0.2, -0.15) is 15.0 Å². The first-order valence-electron chi connectivity index (χ1n) is 4.53. The largest absolute Gasteiger partial charge is 0.386 e. The molecule has 0 aliphatic carbocycles. The Kier molecular flexibility index (Phi) is 2.99. The molecule has 0 bridgehead atoms. The third-order valence-electron chi connectivity index (χ3n) is 2.06. The minimum absolute atomic E-state index is 0.342. The molecule has 2 rings (SSSR count). The maximum atomic E-state index is 9.84. The van der Waals surface area contributed by atoms with E-state index in [1.54, 1.807) is 36.7 Å². The number of hydrogen-bond acceptors (Lipinski definition) is 3. The van der Waals surface area contributed by atoms with Gasteiger partial charge in [0, 0.05) is 5.02 Å². The number of nitrogens with zero attached hydrogens (tertiary/aromatic N) is 3. The van der Waals surface area contributed by atoms with E-state index < -0.39 is 6.10 Å². The van der Waals surface area contributed by atoms with Crippen LogP contribution in [0.15, 0.2) is 36.7 Å². The third kappa shape index (κ3) is 2.55. The standard InChI is InChI=1S/C10H10ClN3O/c11-9-3-1-8(2-4-9)10(15)7-14-12-5-6-13-14/h1-6,10,15H,7H2. The molecule has 1 heterocycles. The van der Waals surface area contributed by atoms with Crippen LogP contribution in [-0.4, -0.2) is 20.1 Å². The Morgan fingerprint density at radius 2 is 1.80 bits per heavy atom. The minimum atomic E-state index is -0.616. The molecule has 0 radical (unpaired) electrons. The molecule has 1 atom stereocenters. The number of hydrogen-bond donors (Lipinski definition) is 1. The molecule has 1 aromatic heterocycles. The van der Waals surface area contributed by atoms with Gasteiger partial charge < -0.3 is 5.11 Å². The van der Waals surface area contributed by atoms with Crippen molar-refractivity contribution >= 4 is 11.6 Å². The molecule has 0 aliphatic heterocycles. The molecule has 1 unspecified atom stereocenters. The lowest BCUT2D eigenvalue weighted by Gasteiger charge is -2.09. The Bertz CT molecular complexity index is 413. The minimum Gasteiger partial charge on any atom is -0.386 e. The zero-order valence-corrected chi connectivity index (χ0v) is 8.67. The number of aliphatic hydroxyl groups excluding tert-OH is 1. The number of aromatic nitrogens is 3. The van der Waals surface area contributed by atoms with Crippen molar-refractivity contribution in [3.05, 3.63) is 47.2 Å². The van der Waals surface area contributed by atoms with E-state index in [-0.39, 0.29) is 0 Å². The number of benzene rings is 1. The van der Waals surface area contributed by atoms with Gasteiger partial charge in [0.25, 0.3) is 0 Å². The van der Waals surface area contributed by atoms with Gasteiger partial charge in [-0.1, -0.05) is 23.7 Å². The van der Waals surface area contributed by atoms with Crippen molar-refractivity contribution in [3.8, 4) is 0 Å². The quantitative estimate of drug-likeness (QED) is 0.861. The molecule has 0 aliphatic rings. The zero-order valence-electron chi connectivity index (χ0n) is 7.92. The topological polar surface area (TPSA) is 50.9 Å². The lowest BCUT2D eigenvalue weighted by Crippen LogP contribution is -2.11. The van der Waals surface area contributed by atoms with E-state index in [9.17, 15) is 5.11 Å². The van der Waals surface area contributed by atoms with Crippen LogP contribution in [0, 0.1) is 0 Å². The van der Waals surface area contributed by atoms with Gasteiger partial charge in [-0.15, -0.1) is 0 Å². The third-order valence-corrected chi connectivity index (χ3v) is 2.31. The van der Waals surface area contributed by atoms with Gasteiger partial charge in [-0.25, -0.2) is 0 Å². The maximum Gasteiger partial charge on any atom is 0.100 e. The van der Waals surface area contributed by atoms with Crippen molar-refractivity contribution in [1.29, 1.82) is 0 Å². The Morgan fingerprint density at radius 1 is 1.20 bits per heavy atom. The van der Waals surface area contributed by atoms with E-state index in [1.165, 1.54) is 4.80 Å². The van der Waals surface area contributed by atoms with Crippen LogP contribution in [-0.2, 0) is 6.54 Å². The summed E-state index contributed by atoms with van der Waals surface area (Å²) in [6, 6.07) is 7.07. The van der Waals surface area contributed by atoms with Crippen LogP contribution in [0.2, 0.25) is 5.02 Å². The molecule has 1 N–H and O–H groups in total. The van der Waals surface area contributed by atoms with E-state index in [0.29, 0.717) is 11.6 Å². The van der Waals surface area contributed by atoms with Crippen LogP contribution in [0.4, 0.5) is 0 Å². The Hall–Kier alpha value is -1.39. The van der Waals surface area contributed by atoms with Crippen LogP contribution in [0.1, 0.15) is 11.7 Å². The fourth-order valence-corrected chi connectivity index (χ4v) is 1.41. The van der Waals surface area contributed by atoms with Gasteiger partial charge >= 0.3 is 0 Å². The summed E-state index contributed by atoms with van der Waals surface area (Å²) < 4.78 is 0. The second-order valence-electron chi connectivity index (χ2n) is 3.15. The summed E-state index contributed by atoms with van der Waals surface area (Å²) in [6.45, 7) is 0.342. The Morgan fingerprint density at radius 3 is 2.40 bits per heavy atom. The summed E-state index contributed by atoms with van der Waals surface area (Å²) >= 11 is 5.75. The predicted octanol–water partition coefficient (Wildman–Crippen LogP) is 1.67. The SMILES string of the molecule is OC(Cn1nccn1)c1ccc(Cl)cc1. The van der Waals surface area contributed by atoms with Crippen molar-refractivity contribution in [1.82, 2.24) is 15.0 Å². The van der Waals surface area contributed by atoms with E-state index in [2.05, 4.69) is 10.2 Å². The smallest absolute Gasteiger partial charge is 0.100 e. The fraction of sp³-hybridized carbons (Fsp3) is 0.200. The highest BCUT2D eigenvalue weighted by Gasteiger charge is 2.08. The second kappa shape index (κ2) is 4.42. The van der Waals surface area contributed by atoms with E-state index in [0.717, 1.165) is 5.56 Å². The number of rotatable bonds is 3. The molecule has 0 saturated carbocycles. The summed E-state index contributed by atoms with van der Waals surface area (Å²) in [7, 11) is 0. The highest BCUT2D eigenvalue weighted by molar-refractivity contribution is 6.30. The summed E-state index contributed by atoms with van der Waals surface area (Å²) in [6.07, 6.45) is 2.54. The molecule has 0 fully saturated rings. The van der Waals surface area contributed by atoms with Gasteiger partial charge in [-0.05, 0) is 17.7 Å². The molecule has 1 aromatic carbocycles. The van der Waals surface area contributed by atoms with Gasteiger partial charge in [-0.3, -0.25) is 0 Å². The maximum absolute atomic E-state index is 9.84. The average Bonchev–Trinajstić information content (AvgIpc) is 2.71. The molecule has 4 nitrogen and oxygen atoms in total. The first-order chi connectivity index (χ1) is 7.25. The summed E-state index contributed by atoms with van der Waals surface area (Å²) in [5.74, 6) is 0. The van der Waals surface area contributed by atoms with Crippen LogP contribution in [0.25, 0.3) is 0 Å². The molecule has 0 spiro atoms. The van der Waals surface area contributed by atoms with Crippen molar-refractivity contribution in [2.45, 2.75) is 12.6 Å². The molecule has 0 amide bonds. The monoisotopic (exact) mass is 223 g/mol. The van der Waals surface area contributed by atoms with Gasteiger partial charge in [0.2, 0.25) is 0 Å². The molecule has 5 heteroatoms. The van der Waals surface area contributed by atoms with Crippen LogP contribution < -0.4 is 0 Å². The van der Waals surface area contributed by atoms with E-state index in [1.807, 2.05) is 0 Å². The lowest BCUT2D eigenvalue weighted by atomic mass is 10.1. The van der Waals surface area contributed by atoms with E-state index >= 15 is 0 Å². The second-order valence-corrected chi connectivity index (χ2v) is 3.59. The molecular weight excluding hydrogens is 214 g/mol. The highest BCUT2D eigenvalue weighted by atomic mass is 35.5. The van der Waals surface area contributed by atoms with Crippen molar-refractivity contribution in [2.24, 2.45) is 0 Å². The van der Waals surface area contributed by atoms with Gasteiger partial charge in [0.05, 0.1) is 18.9 Å². The summed E-state index contributed by atoms with van der Waals surface area (Å²) in [4.78, 5) is 1.44. The Balaban J connectivity index is 2.08. The molecule has 0 saturated heterocycles. The van der Waals surface area contributed by atoms with Crippen molar-refractivity contribution in [2.75, 3.05) is 0 Å². The molecule has 15 heavy (non-hydrogen) atoms. The van der Waals surface area contributed by atoms with Crippen LogP contribution in [0.5, 0.6) is 0 Å². The van der Waals surface area contributed by atoms with Crippen LogP contribution >= 0.6 is 11.6 Å². The van der Waals surface area contributed by atoms with Gasteiger partial charge in [0.15, 0.2) is 0 Å². The summed E-state index contributed by atoms with van der Waals surface area (Å²) in [5, 5.41) is 18.3. The fourth-order valence-electron chi connectivity index (χ4n) is 1.28. The normalized spacial score (nSPS) is 12.7. The Labute approximate surface area is 92.1 Å². The number of halogens is 1. The van der Waals surface area contributed by atoms with Crippen molar-refractivity contribution < 1.29 is 5.11 Å². The predicted molar refractivity (Wildman–Crippen MR) is 56.4 cm³/mol. The van der Waals surface area contributed by atoms with Gasteiger partial charge in [0.1, 0.15) is 6.10 Å².